The number of anilines is 2. The van der Waals surface area contributed by atoms with Gasteiger partial charge in [-0.1, -0.05) is 40.9 Å². The predicted octanol–water partition coefficient (Wildman–Crippen LogP) is 5.36. The van der Waals surface area contributed by atoms with Crippen molar-refractivity contribution < 1.29 is 27.9 Å². The van der Waals surface area contributed by atoms with Crippen LogP contribution in [0.25, 0.3) is 0 Å². The Hall–Kier alpha value is -2.98. The second kappa shape index (κ2) is 9.34. The molecule has 1 aliphatic rings. The number of carboxylic acid groups (broad SMARTS) is 1. The Morgan fingerprint density at radius 2 is 1.76 bits per heavy atom. The van der Waals surface area contributed by atoms with E-state index in [4.69, 9.17) is 44.6 Å². The maximum atomic E-state index is 13.2. The zero-order chi connectivity index (χ0) is 24.6. The molecule has 4 rings (SSSR count). The highest BCUT2D eigenvalue weighted by molar-refractivity contribution is 7.92. The Labute approximate surface area is 209 Å². The maximum absolute atomic E-state index is 13.2. The molecule has 3 aromatic rings. The lowest BCUT2D eigenvalue weighted by Crippen LogP contribution is -2.15. The first kappa shape index (κ1) is 24.2. The van der Waals surface area contributed by atoms with Gasteiger partial charge in [-0.2, -0.15) is 0 Å². The summed E-state index contributed by atoms with van der Waals surface area (Å²) >= 11 is 18.2. The van der Waals surface area contributed by atoms with E-state index in [-0.39, 0.29) is 55.9 Å². The molecule has 0 spiro atoms. The Bertz CT molecular complexity index is 1440. The Morgan fingerprint density at radius 1 is 1.03 bits per heavy atom. The molecule has 0 aromatic heterocycles. The number of fused-ring (bicyclic) bond motifs is 1. The minimum atomic E-state index is -4.20. The van der Waals surface area contributed by atoms with Crippen LogP contribution in [0.4, 0.5) is 11.4 Å². The zero-order valence-electron chi connectivity index (χ0n) is 17.1. The van der Waals surface area contributed by atoms with Crippen LogP contribution in [0.3, 0.4) is 0 Å². The molecular formula is C22H15Cl3N2O6S. The number of aliphatic carboxylic acids is 1. The van der Waals surface area contributed by atoms with Gasteiger partial charge in [-0.25, -0.2) is 8.42 Å². The third-order valence-electron chi connectivity index (χ3n) is 4.88. The van der Waals surface area contributed by atoms with Gasteiger partial charge in [0.2, 0.25) is 5.91 Å². The van der Waals surface area contributed by atoms with Gasteiger partial charge in [0.15, 0.2) is 5.75 Å². The van der Waals surface area contributed by atoms with Gasteiger partial charge in [-0.15, -0.1) is 0 Å². The second-order valence-corrected chi connectivity index (χ2v) is 10.2. The highest BCUT2D eigenvalue weighted by Crippen LogP contribution is 2.42. The van der Waals surface area contributed by atoms with E-state index in [1.54, 1.807) is 6.07 Å². The Kier molecular flexibility index (Phi) is 6.64. The molecule has 0 saturated heterocycles. The summed E-state index contributed by atoms with van der Waals surface area (Å²) in [6.07, 6.45) is -0.302. The van der Waals surface area contributed by atoms with E-state index in [2.05, 4.69) is 10.0 Å². The zero-order valence-corrected chi connectivity index (χ0v) is 20.1. The van der Waals surface area contributed by atoms with Crippen LogP contribution in [0.15, 0.2) is 53.4 Å². The van der Waals surface area contributed by atoms with Gasteiger partial charge >= 0.3 is 5.97 Å². The van der Waals surface area contributed by atoms with Gasteiger partial charge in [0, 0.05) is 16.3 Å². The number of nitrogens with one attached hydrogen (secondary N) is 2. The van der Waals surface area contributed by atoms with Crippen LogP contribution >= 0.6 is 34.8 Å². The first-order valence-electron chi connectivity index (χ1n) is 9.65. The summed E-state index contributed by atoms with van der Waals surface area (Å²) in [4.78, 5) is 22.7. The minimum absolute atomic E-state index is 0.0348. The molecule has 34 heavy (non-hydrogen) atoms. The Balaban J connectivity index is 1.75. The van der Waals surface area contributed by atoms with Crippen molar-refractivity contribution in [2.45, 2.75) is 17.7 Å². The van der Waals surface area contributed by atoms with E-state index in [0.29, 0.717) is 16.8 Å². The number of hydrogen-bond acceptors (Lipinski definition) is 5. The molecule has 0 atom stereocenters. The molecule has 176 valence electrons. The summed E-state index contributed by atoms with van der Waals surface area (Å²) in [5, 5.41) is 11.9. The number of amides is 1. The summed E-state index contributed by atoms with van der Waals surface area (Å²) in [5.74, 6) is -1.08. The van der Waals surface area contributed by atoms with Crippen molar-refractivity contribution >= 4 is 68.1 Å². The first-order chi connectivity index (χ1) is 16.0. The molecular weight excluding hydrogens is 527 g/mol. The van der Waals surface area contributed by atoms with Crippen LogP contribution in [-0.4, -0.2) is 25.4 Å². The number of benzene rings is 3. The van der Waals surface area contributed by atoms with Crippen molar-refractivity contribution in [2.24, 2.45) is 0 Å². The van der Waals surface area contributed by atoms with Crippen molar-refractivity contribution in [1.82, 2.24) is 0 Å². The molecule has 1 heterocycles. The van der Waals surface area contributed by atoms with Gasteiger partial charge in [-0.05, 0) is 48.0 Å². The van der Waals surface area contributed by atoms with Crippen LogP contribution in [0.1, 0.15) is 11.1 Å². The van der Waals surface area contributed by atoms with E-state index in [1.165, 1.54) is 42.5 Å². The number of carbonyl (C=O) groups is 2. The molecule has 0 unspecified atom stereocenters. The summed E-state index contributed by atoms with van der Waals surface area (Å²) in [7, 11) is -4.20. The van der Waals surface area contributed by atoms with Crippen LogP contribution in [0, 0.1) is 0 Å². The third-order valence-corrected chi connectivity index (χ3v) is 7.24. The monoisotopic (exact) mass is 540 g/mol. The second-order valence-electron chi connectivity index (χ2n) is 7.31. The van der Waals surface area contributed by atoms with Gasteiger partial charge in [0.1, 0.15) is 10.6 Å². The molecule has 8 nitrogen and oxygen atoms in total. The van der Waals surface area contributed by atoms with Gasteiger partial charge in [0.05, 0.1) is 28.6 Å². The third kappa shape index (κ3) is 5.07. The van der Waals surface area contributed by atoms with Crippen molar-refractivity contribution in [3.63, 3.8) is 0 Å². The van der Waals surface area contributed by atoms with Crippen LogP contribution in [-0.2, 0) is 32.5 Å². The van der Waals surface area contributed by atoms with E-state index in [0.717, 1.165) is 0 Å². The number of ether oxygens (including phenoxy) is 1. The fourth-order valence-electron chi connectivity index (χ4n) is 3.39. The van der Waals surface area contributed by atoms with Crippen molar-refractivity contribution in [3.05, 3.63) is 74.7 Å². The normalized spacial score (nSPS) is 12.7. The Morgan fingerprint density at radius 3 is 2.44 bits per heavy atom. The molecule has 0 fully saturated rings. The topological polar surface area (TPSA) is 122 Å². The van der Waals surface area contributed by atoms with Crippen molar-refractivity contribution in [2.75, 3.05) is 10.0 Å². The minimum Gasteiger partial charge on any atom is -0.481 e. The first-order valence-corrected chi connectivity index (χ1v) is 12.3. The van der Waals surface area contributed by atoms with E-state index in [1.807, 2.05) is 0 Å². The van der Waals surface area contributed by atoms with Crippen molar-refractivity contribution in [1.29, 1.82) is 0 Å². The molecule has 1 amide bonds. The molecule has 0 bridgehead atoms. The standard InChI is InChI=1S/C22H15Cl3N2O6S/c23-12-2-6-19(15(25)9-12)34(31,32)27-22-13-10-20(28)26-16(13)3-5-18(22)33-17-4-1-11(7-14(17)24)8-21(29)30/h1-7,9,27H,8,10H2,(H,26,28)(H,29,30). The van der Waals surface area contributed by atoms with Gasteiger partial charge in [0.25, 0.3) is 10.0 Å². The predicted molar refractivity (Wildman–Crippen MR) is 129 cm³/mol. The van der Waals surface area contributed by atoms with Gasteiger partial charge < -0.3 is 15.2 Å². The number of carboxylic acids is 1. The van der Waals surface area contributed by atoms with E-state index < -0.39 is 16.0 Å². The average molecular weight is 542 g/mol. The highest BCUT2D eigenvalue weighted by atomic mass is 35.5. The lowest BCUT2D eigenvalue weighted by atomic mass is 10.1. The van der Waals surface area contributed by atoms with Crippen LogP contribution in [0.5, 0.6) is 11.5 Å². The summed E-state index contributed by atoms with van der Waals surface area (Å²) in [6.45, 7) is 0. The largest absolute Gasteiger partial charge is 0.481 e. The van der Waals surface area contributed by atoms with Crippen LogP contribution in [0.2, 0.25) is 15.1 Å². The molecule has 12 heteroatoms. The van der Waals surface area contributed by atoms with E-state index in [9.17, 15) is 18.0 Å². The van der Waals surface area contributed by atoms with E-state index >= 15 is 0 Å². The summed E-state index contributed by atoms with van der Waals surface area (Å²) < 4.78 is 34.7. The fraction of sp³-hybridized carbons (Fsp3) is 0.0909. The fourth-order valence-corrected chi connectivity index (χ4v) is 5.51. The lowest BCUT2D eigenvalue weighted by Gasteiger charge is -2.18. The summed E-state index contributed by atoms with van der Waals surface area (Å²) in [5.41, 5.74) is 1.31. The average Bonchev–Trinajstić information content (AvgIpc) is 3.11. The van der Waals surface area contributed by atoms with Crippen LogP contribution < -0.4 is 14.8 Å². The van der Waals surface area contributed by atoms with Gasteiger partial charge in [-0.3, -0.25) is 14.3 Å². The SMILES string of the molecule is O=C(O)Cc1ccc(Oc2ccc3c(c2NS(=O)(=O)c2ccc(Cl)cc2Cl)CC(=O)N3)c(Cl)c1. The number of rotatable bonds is 7. The summed E-state index contributed by atoms with van der Waals surface area (Å²) in [6, 6.07) is 11.5. The number of sulfonamides is 1. The smallest absolute Gasteiger partial charge is 0.307 e. The number of hydrogen-bond donors (Lipinski definition) is 3. The molecule has 3 N–H and O–H groups in total. The lowest BCUT2D eigenvalue weighted by molar-refractivity contribution is -0.136. The molecule has 0 aliphatic carbocycles. The van der Waals surface area contributed by atoms with Crippen molar-refractivity contribution in [3.8, 4) is 11.5 Å². The quantitative estimate of drug-likeness (QED) is 0.370. The molecule has 1 aliphatic heterocycles. The maximum Gasteiger partial charge on any atom is 0.307 e. The highest BCUT2D eigenvalue weighted by Gasteiger charge is 2.28. The number of halogens is 3. The molecule has 3 aromatic carbocycles. The number of carbonyl (C=O) groups excluding carboxylic acids is 1. The molecule has 0 radical (unpaired) electrons. The molecule has 0 saturated carbocycles.